The number of benzene rings is 1. The number of carbonyl (C=O) groups is 1. The van der Waals surface area contributed by atoms with E-state index in [1.54, 1.807) is 24.3 Å². The van der Waals surface area contributed by atoms with Crippen molar-refractivity contribution in [3.05, 3.63) is 34.9 Å². The summed E-state index contributed by atoms with van der Waals surface area (Å²) < 4.78 is 0. The molecule has 0 bridgehead atoms. The Morgan fingerprint density at radius 1 is 1.37 bits per heavy atom. The van der Waals surface area contributed by atoms with Crippen molar-refractivity contribution in [3.63, 3.8) is 0 Å². The van der Waals surface area contributed by atoms with Crippen molar-refractivity contribution in [2.45, 2.75) is 19.8 Å². The van der Waals surface area contributed by atoms with Crippen LogP contribution in [0.3, 0.4) is 0 Å². The Morgan fingerprint density at radius 3 is 2.68 bits per heavy atom. The number of likely N-dealkylation sites (tertiary alicyclic amines) is 1. The molecular formula is C14H18ClN3O. The minimum Gasteiger partial charge on any atom is -0.303 e. The van der Waals surface area contributed by atoms with Crippen LogP contribution >= 0.6 is 11.6 Å². The zero-order valence-corrected chi connectivity index (χ0v) is 11.8. The summed E-state index contributed by atoms with van der Waals surface area (Å²) in [4.78, 5) is 14.3. The molecule has 102 valence electrons. The summed E-state index contributed by atoms with van der Waals surface area (Å²) in [5, 5.41) is 4.65. The number of piperidine rings is 1. The Bertz CT molecular complexity index is 477. The summed E-state index contributed by atoms with van der Waals surface area (Å²) in [6.45, 7) is 5.25. The van der Waals surface area contributed by atoms with Crippen molar-refractivity contribution in [1.82, 2.24) is 10.3 Å². The summed E-state index contributed by atoms with van der Waals surface area (Å²) in [6, 6.07) is 6.97. The maximum Gasteiger partial charge on any atom is 0.272 e. The molecule has 1 aliphatic heterocycles. The number of hydrogen-bond donors (Lipinski definition) is 1. The topological polar surface area (TPSA) is 44.7 Å². The fourth-order valence-corrected chi connectivity index (χ4v) is 2.30. The minimum atomic E-state index is -0.254. The molecule has 0 aromatic heterocycles. The number of carbonyl (C=O) groups excluding carboxylic acids is 1. The fraction of sp³-hybridized carbons (Fsp3) is 0.429. The van der Waals surface area contributed by atoms with Crippen LogP contribution in [0.5, 0.6) is 0 Å². The molecule has 1 heterocycles. The number of amides is 1. The molecule has 1 N–H and O–H groups in total. The molecule has 0 unspecified atom stereocenters. The SMILES string of the molecule is CCN1CCC(=NNC(=O)c2ccccc2Cl)CC1. The number of halogens is 1. The summed E-state index contributed by atoms with van der Waals surface area (Å²) in [6.07, 6.45) is 1.83. The van der Waals surface area contributed by atoms with E-state index in [0.29, 0.717) is 10.6 Å². The molecule has 1 amide bonds. The third-order valence-electron chi connectivity index (χ3n) is 3.31. The molecule has 1 aliphatic rings. The van der Waals surface area contributed by atoms with Crippen LogP contribution in [0.4, 0.5) is 0 Å². The van der Waals surface area contributed by atoms with E-state index >= 15 is 0 Å². The van der Waals surface area contributed by atoms with E-state index in [4.69, 9.17) is 11.6 Å². The van der Waals surface area contributed by atoms with Gasteiger partial charge in [-0.3, -0.25) is 4.79 Å². The zero-order valence-electron chi connectivity index (χ0n) is 11.0. The lowest BCUT2D eigenvalue weighted by Gasteiger charge is -2.25. The van der Waals surface area contributed by atoms with Crippen LogP contribution < -0.4 is 5.43 Å². The summed E-state index contributed by atoms with van der Waals surface area (Å²) >= 11 is 5.96. The molecule has 0 atom stereocenters. The van der Waals surface area contributed by atoms with E-state index in [9.17, 15) is 4.79 Å². The monoisotopic (exact) mass is 279 g/mol. The van der Waals surface area contributed by atoms with Gasteiger partial charge in [0, 0.05) is 31.6 Å². The van der Waals surface area contributed by atoms with E-state index in [2.05, 4.69) is 22.4 Å². The largest absolute Gasteiger partial charge is 0.303 e. The Kier molecular flexibility index (Phi) is 4.93. The van der Waals surface area contributed by atoms with E-state index < -0.39 is 0 Å². The molecule has 0 radical (unpaired) electrons. The van der Waals surface area contributed by atoms with Gasteiger partial charge in [-0.05, 0) is 18.7 Å². The third-order valence-corrected chi connectivity index (χ3v) is 3.64. The maximum atomic E-state index is 11.9. The predicted octanol–water partition coefficient (Wildman–Crippen LogP) is 2.54. The van der Waals surface area contributed by atoms with Crippen molar-refractivity contribution in [3.8, 4) is 0 Å². The number of rotatable bonds is 3. The summed E-state index contributed by atoms with van der Waals surface area (Å²) in [5.74, 6) is -0.254. The second-order valence-electron chi connectivity index (χ2n) is 4.53. The van der Waals surface area contributed by atoms with E-state index in [1.807, 2.05) is 0 Å². The number of nitrogens with one attached hydrogen (secondary N) is 1. The molecule has 0 saturated carbocycles. The van der Waals surface area contributed by atoms with Crippen molar-refractivity contribution in [1.29, 1.82) is 0 Å². The zero-order chi connectivity index (χ0) is 13.7. The molecule has 1 aromatic rings. The third kappa shape index (κ3) is 3.78. The van der Waals surface area contributed by atoms with Gasteiger partial charge < -0.3 is 4.90 Å². The highest BCUT2D eigenvalue weighted by Gasteiger charge is 2.14. The number of nitrogens with zero attached hydrogens (tertiary/aromatic N) is 2. The highest BCUT2D eigenvalue weighted by molar-refractivity contribution is 6.33. The van der Waals surface area contributed by atoms with Gasteiger partial charge in [0.2, 0.25) is 0 Å². The fourth-order valence-electron chi connectivity index (χ4n) is 2.07. The van der Waals surface area contributed by atoms with Gasteiger partial charge in [-0.15, -0.1) is 0 Å². The first-order valence-corrected chi connectivity index (χ1v) is 6.91. The maximum absolute atomic E-state index is 11.9. The Morgan fingerprint density at radius 2 is 2.05 bits per heavy atom. The summed E-state index contributed by atoms with van der Waals surface area (Å²) in [7, 11) is 0. The first kappa shape index (κ1) is 14.0. The van der Waals surface area contributed by atoms with Crippen LogP contribution in [0.25, 0.3) is 0 Å². The lowest BCUT2D eigenvalue weighted by molar-refractivity contribution is 0.0954. The lowest BCUT2D eigenvalue weighted by atomic mass is 10.1. The van der Waals surface area contributed by atoms with Gasteiger partial charge in [0.1, 0.15) is 0 Å². The van der Waals surface area contributed by atoms with Crippen molar-refractivity contribution >= 4 is 23.2 Å². The molecule has 2 rings (SSSR count). The van der Waals surface area contributed by atoms with Gasteiger partial charge in [-0.2, -0.15) is 5.10 Å². The smallest absolute Gasteiger partial charge is 0.272 e. The normalized spacial score (nSPS) is 16.2. The second kappa shape index (κ2) is 6.68. The van der Waals surface area contributed by atoms with Crippen molar-refractivity contribution < 1.29 is 4.79 Å². The van der Waals surface area contributed by atoms with Gasteiger partial charge in [-0.1, -0.05) is 30.7 Å². The van der Waals surface area contributed by atoms with Gasteiger partial charge in [0.05, 0.1) is 10.6 Å². The average molecular weight is 280 g/mol. The van der Waals surface area contributed by atoms with Gasteiger partial charge in [0.15, 0.2) is 0 Å². The van der Waals surface area contributed by atoms with Crippen molar-refractivity contribution in [2.75, 3.05) is 19.6 Å². The van der Waals surface area contributed by atoms with E-state index in [1.165, 1.54) is 0 Å². The number of hydrazone groups is 1. The second-order valence-corrected chi connectivity index (χ2v) is 4.94. The average Bonchev–Trinajstić information content (AvgIpc) is 2.46. The Hall–Kier alpha value is -1.39. The Balaban J connectivity index is 1.92. The van der Waals surface area contributed by atoms with Crippen LogP contribution in [-0.2, 0) is 0 Å². The standard InChI is InChI=1S/C14H18ClN3O/c1-2-18-9-7-11(8-10-18)16-17-14(19)12-5-3-4-6-13(12)15/h3-6H,2,7-10H2,1H3,(H,17,19). The van der Waals surface area contributed by atoms with Crippen LogP contribution in [0.1, 0.15) is 30.1 Å². The molecule has 0 aliphatic carbocycles. The lowest BCUT2D eigenvalue weighted by Crippen LogP contribution is -2.34. The first-order valence-electron chi connectivity index (χ1n) is 6.53. The molecule has 0 spiro atoms. The van der Waals surface area contributed by atoms with Gasteiger partial charge in [-0.25, -0.2) is 5.43 Å². The van der Waals surface area contributed by atoms with Gasteiger partial charge >= 0.3 is 0 Å². The molecule has 19 heavy (non-hydrogen) atoms. The van der Waals surface area contributed by atoms with E-state index in [0.717, 1.165) is 38.2 Å². The molecule has 1 saturated heterocycles. The van der Waals surface area contributed by atoms with Crippen LogP contribution in [0.2, 0.25) is 5.02 Å². The van der Waals surface area contributed by atoms with Crippen LogP contribution in [-0.4, -0.2) is 36.2 Å². The Labute approximate surface area is 118 Å². The molecular weight excluding hydrogens is 262 g/mol. The quantitative estimate of drug-likeness (QED) is 0.864. The summed E-state index contributed by atoms with van der Waals surface area (Å²) in [5.41, 5.74) is 4.09. The van der Waals surface area contributed by atoms with E-state index in [-0.39, 0.29) is 5.91 Å². The minimum absolute atomic E-state index is 0.254. The number of hydrogen-bond acceptors (Lipinski definition) is 3. The molecule has 4 nitrogen and oxygen atoms in total. The highest BCUT2D eigenvalue weighted by atomic mass is 35.5. The molecule has 5 heteroatoms. The molecule has 1 aromatic carbocycles. The highest BCUT2D eigenvalue weighted by Crippen LogP contribution is 2.14. The molecule has 1 fully saturated rings. The van der Waals surface area contributed by atoms with Gasteiger partial charge in [0.25, 0.3) is 5.91 Å². The predicted molar refractivity (Wildman–Crippen MR) is 77.7 cm³/mol. The van der Waals surface area contributed by atoms with Crippen LogP contribution in [0.15, 0.2) is 29.4 Å². The first-order chi connectivity index (χ1) is 9.20. The van der Waals surface area contributed by atoms with Crippen molar-refractivity contribution in [2.24, 2.45) is 5.10 Å². The van der Waals surface area contributed by atoms with Crippen LogP contribution in [0, 0.1) is 0 Å².